The molecule has 0 unspecified atom stereocenters. The summed E-state index contributed by atoms with van der Waals surface area (Å²) >= 11 is 0. The molecule has 4 heteroatoms. The molecule has 7 rings (SSSR count). The summed E-state index contributed by atoms with van der Waals surface area (Å²) in [6.45, 7) is 4.21. The maximum Gasteiger partial charge on any atom is 0.145 e. The zero-order valence-corrected chi connectivity index (χ0v) is 25.1. The number of furan rings is 1. The van der Waals surface area contributed by atoms with Crippen LogP contribution in [-0.2, 0) is 0 Å². The van der Waals surface area contributed by atoms with Crippen LogP contribution < -0.4 is 15.9 Å². The SMILES string of the molecule is Cc1ccccc1N=Cc1cccc2c1oc1c(P(=Nc3ccccc3C)(c3ccccc3)c3ccccc3)cccc12. The normalized spacial score (nSPS) is 11.9. The molecule has 0 spiro atoms. The summed E-state index contributed by atoms with van der Waals surface area (Å²) < 4.78 is 12.7. The van der Waals surface area contributed by atoms with Gasteiger partial charge in [-0.15, -0.1) is 0 Å². The molecule has 43 heavy (non-hydrogen) atoms. The molecular formula is C39H31N2OP. The molecule has 0 atom stereocenters. The predicted molar refractivity (Wildman–Crippen MR) is 184 cm³/mol. The largest absolute Gasteiger partial charge is 0.455 e. The molecule has 3 nitrogen and oxygen atoms in total. The summed E-state index contributed by atoms with van der Waals surface area (Å²) in [5.41, 5.74) is 6.86. The molecule has 0 aliphatic carbocycles. The Morgan fingerprint density at radius 2 is 1.05 bits per heavy atom. The maximum atomic E-state index is 6.93. The fourth-order valence-corrected chi connectivity index (χ4v) is 9.46. The number of para-hydroxylation sites is 3. The van der Waals surface area contributed by atoms with Crippen LogP contribution in [0.15, 0.2) is 160 Å². The Morgan fingerprint density at radius 1 is 0.512 bits per heavy atom. The number of rotatable bonds is 6. The lowest BCUT2D eigenvalue weighted by Crippen LogP contribution is -2.25. The number of nitrogens with zero attached hydrogens (tertiary/aromatic N) is 2. The molecule has 0 N–H and O–H groups in total. The standard InChI is InChI=1S/C39H31N2OP/c1-28-15-9-11-24-35(28)40-27-30-17-13-22-33-34-23-14-26-37(39(34)42-38(30)33)43(31-18-5-3-6-19-31,32-20-7-4-8-21-32)41-36-25-12-10-16-29(36)2/h3-27H,1-2H3. The van der Waals surface area contributed by atoms with Crippen LogP contribution in [0.5, 0.6) is 0 Å². The Morgan fingerprint density at radius 3 is 1.67 bits per heavy atom. The topological polar surface area (TPSA) is 37.9 Å². The van der Waals surface area contributed by atoms with E-state index in [0.717, 1.165) is 55.3 Å². The van der Waals surface area contributed by atoms with Gasteiger partial charge < -0.3 is 4.42 Å². The van der Waals surface area contributed by atoms with E-state index in [9.17, 15) is 0 Å². The van der Waals surface area contributed by atoms with Crippen molar-refractivity contribution in [3.8, 4) is 0 Å². The van der Waals surface area contributed by atoms with Gasteiger partial charge in [0.25, 0.3) is 0 Å². The molecule has 1 heterocycles. The summed E-state index contributed by atoms with van der Waals surface area (Å²) in [5, 5.41) is 5.61. The Kier molecular flexibility index (Phi) is 7.10. The molecule has 0 saturated heterocycles. The van der Waals surface area contributed by atoms with Crippen molar-refractivity contribution < 1.29 is 4.42 Å². The zero-order chi connectivity index (χ0) is 29.2. The second-order valence-corrected chi connectivity index (χ2v) is 13.7. The molecule has 0 bridgehead atoms. The third kappa shape index (κ3) is 4.82. The van der Waals surface area contributed by atoms with Gasteiger partial charge in [-0.3, -0.25) is 9.74 Å². The molecule has 7 aromatic rings. The van der Waals surface area contributed by atoms with Gasteiger partial charge in [-0.25, -0.2) is 0 Å². The van der Waals surface area contributed by atoms with Gasteiger partial charge >= 0.3 is 0 Å². The Labute approximate surface area is 252 Å². The summed E-state index contributed by atoms with van der Waals surface area (Å²) in [6, 6.07) is 50.8. The average Bonchev–Trinajstić information content (AvgIpc) is 3.45. The average molecular weight is 575 g/mol. The predicted octanol–water partition coefficient (Wildman–Crippen LogP) is 9.76. The van der Waals surface area contributed by atoms with E-state index in [1.807, 2.05) is 24.4 Å². The van der Waals surface area contributed by atoms with Crippen molar-refractivity contribution in [2.75, 3.05) is 0 Å². The first-order chi connectivity index (χ1) is 21.1. The van der Waals surface area contributed by atoms with Gasteiger partial charge in [0.15, 0.2) is 0 Å². The quantitative estimate of drug-likeness (QED) is 0.144. The van der Waals surface area contributed by atoms with Crippen LogP contribution in [0.3, 0.4) is 0 Å². The summed E-state index contributed by atoms with van der Waals surface area (Å²) in [7, 11) is -2.59. The van der Waals surface area contributed by atoms with Gasteiger partial charge in [-0.1, -0.05) is 121 Å². The third-order valence-corrected chi connectivity index (χ3v) is 11.6. The van der Waals surface area contributed by atoms with Crippen LogP contribution in [0, 0.1) is 13.8 Å². The highest BCUT2D eigenvalue weighted by Crippen LogP contribution is 2.52. The highest BCUT2D eigenvalue weighted by molar-refractivity contribution is 7.87. The summed E-state index contributed by atoms with van der Waals surface area (Å²) in [6.07, 6.45) is 1.92. The highest BCUT2D eigenvalue weighted by atomic mass is 31.2. The second-order valence-electron chi connectivity index (χ2n) is 10.7. The smallest absolute Gasteiger partial charge is 0.145 e. The monoisotopic (exact) mass is 574 g/mol. The van der Waals surface area contributed by atoms with Crippen molar-refractivity contribution in [3.63, 3.8) is 0 Å². The number of hydrogen-bond acceptors (Lipinski definition) is 3. The van der Waals surface area contributed by atoms with Gasteiger partial charge in [0.2, 0.25) is 0 Å². The van der Waals surface area contributed by atoms with E-state index in [1.165, 1.54) is 10.6 Å². The lowest BCUT2D eigenvalue weighted by molar-refractivity contribution is 0.671. The van der Waals surface area contributed by atoms with E-state index in [4.69, 9.17) is 14.2 Å². The van der Waals surface area contributed by atoms with Crippen molar-refractivity contribution in [1.82, 2.24) is 0 Å². The van der Waals surface area contributed by atoms with Gasteiger partial charge in [0.1, 0.15) is 11.2 Å². The molecular weight excluding hydrogens is 543 g/mol. The van der Waals surface area contributed by atoms with E-state index in [0.29, 0.717) is 0 Å². The molecule has 6 aromatic carbocycles. The Balaban J connectivity index is 1.56. The zero-order valence-electron chi connectivity index (χ0n) is 24.2. The van der Waals surface area contributed by atoms with E-state index < -0.39 is 7.05 Å². The lowest BCUT2D eigenvalue weighted by atomic mass is 10.1. The van der Waals surface area contributed by atoms with E-state index in [1.54, 1.807) is 0 Å². The van der Waals surface area contributed by atoms with Crippen LogP contribution in [0.4, 0.5) is 11.4 Å². The first-order valence-corrected chi connectivity index (χ1v) is 16.2. The molecule has 0 aliphatic heterocycles. The van der Waals surface area contributed by atoms with E-state index >= 15 is 0 Å². The van der Waals surface area contributed by atoms with Crippen molar-refractivity contribution in [2.45, 2.75) is 13.8 Å². The minimum absolute atomic E-state index is 0.831. The molecule has 0 radical (unpaired) electrons. The van der Waals surface area contributed by atoms with Crippen LogP contribution in [0.2, 0.25) is 0 Å². The number of fused-ring (bicyclic) bond motifs is 3. The molecule has 0 saturated carbocycles. The number of aryl methyl sites for hydroxylation is 2. The highest BCUT2D eigenvalue weighted by Gasteiger charge is 2.31. The molecule has 0 fully saturated rings. The van der Waals surface area contributed by atoms with Crippen LogP contribution >= 0.6 is 7.05 Å². The first-order valence-electron chi connectivity index (χ1n) is 14.5. The lowest BCUT2D eigenvalue weighted by Gasteiger charge is -2.27. The fraction of sp³-hybridized carbons (Fsp3) is 0.0513. The summed E-state index contributed by atoms with van der Waals surface area (Å²) in [5.74, 6) is 0. The van der Waals surface area contributed by atoms with Crippen molar-refractivity contribution in [3.05, 3.63) is 162 Å². The van der Waals surface area contributed by atoms with Gasteiger partial charge in [0, 0.05) is 38.5 Å². The molecule has 0 amide bonds. The Bertz CT molecular complexity index is 2120. The van der Waals surface area contributed by atoms with E-state index in [-0.39, 0.29) is 0 Å². The minimum atomic E-state index is -2.59. The Hall–Kier alpha value is -4.98. The number of hydrogen-bond donors (Lipinski definition) is 0. The van der Waals surface area contributed by atoms with Crippen LogP contribution in [-0.4, -0.2) is 6.21 Å². The minimum Gasteiger partial charge on any atom is -0.455 e. The summed E-state index contributed by atoms with van der Waals surface area (Å²) in [4.78, 5) is 4.83. The fourth-order valence-electron chi connectivity index (χ4n) is 5.75. The molecule has 1 aromatic heterocycles. The van der Waals surface area contributed by atoms with Gasteiger partial charge in [0.05, 0.1) is 18.4 Å². The van der Waals surface area contributed by atoms with Crippen molar-refractivity contribution >= 4 is 62.5 Å². The van der Waals surface area contributed by atoms with E-state index in [2.05, 4.69) is 141 Å². The number of benzene rings is 6. The number of aliphatic imine (C=N–C) groups is 1. The third-order valence-electron chi connectivity index (χ3n) is 7.97. The van der Waals surface area contributed by atoms with Crippen LogP contribution in [0.1, 0.15) is 16.7 Å². The van der Waals surface area contributed by atoms with Gasteiger partial charge in [-0.05, 0) is 49.2 Å². The van der Waals surface area contributed by atoms with Crippen molar-refractivity contribution in [1.29, 1.82) is 0 Å². The van der Waals surface area contributed by atoms with Gasteiger partial charge in [-0.2, -0.15) is 0 Å². The maximum absolute atomic E-state index is 6.93. The molecule has 208 valence electrons. The van der Waals surface area contributed by atoms with Crippen LogP contribution in [0.25, 0.3) is 21.9 Å². The van der Waals surface area contributed by atoms with Crippen molar-refractivity contribution in [2.24, 2.45) is 9.74 Å². The molecule has 0 aliphatic rings. The second kappa shape index (κ2) is 11.4. The first kappa shape index (κ1) is 26.9.